The van der Waals surface area contributed by atoms with Crippen molar-refractivity contribution in [3.05, 3.63) is 75.3 Å². The van der Waals surface area contributed by atoms with Gasteiger partial charge in [0.1, 0.15) is 5.82 Å². The second-order valence-corrected chi connectivity index (χ2v) is 7.03. The first kappa shape index (κ1) is 18.8. The van der Waals surface area contributed by atoms with Gasteiger partial charge >= 0.3 is 0 Å². The molecule has 5 heteroatoms. The SMILES string of the molecule is Cc1ccc(C)c(C(C)NC(=O)CCCc2nc3ccccc3c(=O)[nH]2)c1. The largest absolute Gasteiger partial charge is 0.350 e. The Bertz CT molecular complexity index is 1020. The van der Waals surface area contributed by atoms with Crippen LogP contribution in [-0.2, 0) is 11.2 Å². The van der Waals surface area contributed by atoms with E-state index in [1.165, 1.54) is 11.1 Å². The molecule has 5 nitrogen and oxygen atoms in total. The number of nitrogens with zero attached hydrogens (tertiary/aromatic N) is 1. The number of aromatic nitrogens is 2. The van der Waals surface area contributed by atoms with Gasteiger partial charge in [-0.2, -0.15) is 0 Å². The van der Waals surface area contributed by atoms with E-state index in [4.69, 9.17) is 0 Å². The van der Waals surface area contributed by atoms with Crippen molar-refractivity contribution in [2.75, 3.05) is 0 Å². The molecule has 0 aliphatic heterocycles. The Morgan fingerprint density at radius 3 is 2.78 bits per heavy atom. The number of aryl methyl sites for hydroxylation is 3. The number of amides is 1. The van der Waals surface area contributed by atoms with E-state index in [0.29, 0.717) is 36.0 Å². The average molecular weight is 363 g/mol. The minimum absolute atomic E-state index is 0.00606. The smallest absolute Gasteiger partial charge is 0.258 e. The third-order valence-corrected chi connectivity index (χ3v) is 4.76. The van der Waals surface area contributed by atoms with E-state index in [9.17, 15) is 9.59 Å². The minimum Gasteiger partial charge on any atom is -0.350 e. The summed E-state index contributed by atoms with van der Waals surface area (Å²) < 4.78 is 0. The number of nitrogens with one attached hydrogen (secondary N) is 2. The van der Waals surface area contributed by atoms with Crippen molar-refractivity contribution < 1.29 is 4.79 Å². The number of fused-ring (bicyclic) bond motifs is 1. The summed E-state index contributed by atoms with van der Waals surface area (Å²) in [6.45, 7) is 6.11. The summed E-state index contributed by atoms with van der Waals surface area (Å²) >= 11 is 0. The van der Waals surface area contributed by atoms with Crippen molar-refractivity contribution in [3.8, 4) is 0 Å². The number of para-hydroxylation sites is 1. The highest BCUT2D eigenvalue weighted by atomic mass is 16.1. The average Bonchev–Trinajstić information content (AvgIpc) is 2.63. The van der Waals surface area contributed by atoms with E-state index >= 15 is 0 Å². The maximum Gasteiger partial charge on any atom is 0.258 e. The summed E-state index contributed by atoms with van der Waals surface area (Å²) in [5, 5.41) is 3.64. The van der Waals surface area contributed by atoms with Crippen LogP contribution >= 0.6 is 0 Å². The highest BCUT2D eigenvalue weighted by Gasteiger charge is 2.12. The first-order valence-electron chi connectivity index (χ1n) is 9.28. The molecule has 140 valence electrons. The van der Waals surface area contributed by atoms with Crippen LogP contribution in [0.25, 0.3) is 10.9 Å². The van der Waals surface area contributed by atoms with E-state index in [0.717, 1.165) is 5.56 Å². The van der Waals surface area contributed by atoms with Crippen LogP contribution < -0.4 is 10.9 Å². The van der Waals surface area contributed by atoms with Crippen LogP contribution in [-0.4, -0.2) is 15.9 Å². The predicted octanol–water partition coefficient (Wildman–Crippen LogP) is 3.74. The van der Waals surface area contributed by atoms with Crippen LogP contribution in [0, 0.1) is 13.8 Å². The molecule has 0 spiro atoms. The molecule has 3 aromatic rings. The highest BCUT2D eigenvalue weighted by molar-refractivity contribution is 5.77. The summed E-state index contributed by atoms with van der Waals surface area (Å²) in [4.78, 5) is 31.7. The van der Waals surface area contributed by atoms with Gasteiger partial charge in [-0.15, -0.1) is 0 Å². The van der Waals surface area contributed by atoms with Gasteiger partial charge in [0, 0.05) is 12.8 Å². The molecule has 1 atom stereocenters. The molecule has 2 N–H and O–H groups in total. The van der Waals surface area contributed by atoms with Crippen LogP contribution in [0.4, 0.5) is 0 Å². The van der Waals surface area contributed by atoms with Gasteiger partial charge in [-0.05, 0) is 50.5 Å². The first-order chi connectivity index (χ1) is 12.9. The fraction of sp³-hybridized carbons (Fsp3) is 0.318. The van der Waals surface area contributed by atoms with Crippen LogP contribution in [0.5, 0.6) is 0 Å². The Morgan fingerprint density at radius 2 is 1.96 bits per heavy atom. The van der Waals surface area contributed by atoms with Crippen molar-refractivity contribution in [1.29, 1.82) is 0 Å². The molecule has 0 bridgehead atoms. The van der Waals surface area contributed by atoms with Crippen molar-refractivity contribution in [2.24, 2.45) is 0 Å². The zero-order valence-electron chi connectivity index (χ0n) is 16.0. The topological polar surface area (TPSA) is 74.8 Å². The fourth-order valence-electron chi connectivity index (χ4n) is 3.29. The summed E-state index contributed by atoms with van der Waals surface area (Å²) in [5.41, 5.74) is 4.05. The van der Waals surface area contributed by atoms with Gasteiger partial charge in [0.2, 0.25) is 5.91 Å². The second kappa shape index (κ2) is 8.16. The fourth-order valence-corrected chi connectivity index (χ4v) is 3.29. The summed E-state index contributed by atoms with van der Waals surface area (Å²) in [7, 11) is 0. The van der Waals surface area contributed by atoms with Crippen LogP contribution in [0.15, 0.2) is 47.3 Å². The lowest BCUT2D eigenvalue weighted by Gasteiger charge is -2.17. The standard InChI is InChI=1S/C22H25N3O2/c1-14-11-12-15(2)18(13-14)16(3)23-21(26)10-6-9-20-24-19-8-5-4-7-17(19)22(27)25-20/h4-5,7-8,11-13,16H,6,9-10H2,1-3H3,(H,23,26)(H,24,25,27). The van der Waals surface area contributed by atoms with Crippen LogP contribution in [0.3, 0.4) is 0 Å². The van der Waals surface area contributed by atoms with Crippen molar-refractivity contribution in [1.82, 2.24) is 15.3 Å². The Morgan fingerprint density at radius 1 is 1.19 bits per heavy atom. The molecule has 0 saturated carbocycles. The second-order valence-electron chi connectivity index (χ2n) is 7.03. The maximum atomic E-state index is 12.3. The van der Waals surface area contributed by atoms with Crippen molar-refractivity contribution in [2.45, 2.75) is 46.1 Å². The number of benzene rings is 2. The molecule has 3 rings (SSSR count). The highest BCUT2D eigenvalue weighted by Crippen LogP contribution is 2.19. The molecular weight excluding hydrogens is 338 g/mol. The van der Waals surface area contributed by atoms with Crippen LogP contribution in [0.1, 0.15) is 48.3 Å². The molecule has 0 radical (unpaired) electrons. The number of rotatable bonds is 6. The number of hydrogen-bond acceptors (Lipinski definition) is 3. The minimum atomic E-state index is -0.136. The number of hydrogen-bond donors (Lipinski definition) is 2. The Hall–Kier alpha value is -2.95. The van der Waals surface area contributed by atoms with Crippen molar-refractivity contribution >= 4 is 16.8 Å². The summed E-state index contributed by atoms with van der Waals surface area (Å²) in [6.07, 6.45) is 1.59. The monoisotopic (exact) mass is 363 g/mol. The molecule has 0 fully saturated rings. The maximum absolute atomic E-state index is 12.3. The van der Waals surface area contributed by atoms with E-state index in [1.807, 2.05) is 25.1 Å². The van der Waals surface area contributed by atoms with E-state index in [2.05, 4.69) is 47.3 Å². The normalized spacial score (nSPS) is 12.1. The molecule has 0 saturated heterocycles. The van der Waals surface area contributed by atoms with Crippen LogP contribution in [0.2, 0.25) is 0 Å². The van der Waals surface area contributed by atoms with Gasteiger partial charge in [0.15, 0.2) is 0 Å². The molecular formula is C22H25N3O2. The summed E-state index contributed by atoms with van der Waals surface area (Å²) in [5.74, 6) is 0.626. The molecule has 0 aliphatic rings. The van der Waals surface area contributed by atoms with Gasteiger partial charge in [0.25, 0.3) is 5.56 Å². The summed E-state index contributed by atoms with van der Waals surface area (Å²) in [6, 6.07) is 13.5. The molecule has 0 aliphatic carbocycles. The first-order valence-corrected chi connectivity index (χ1v) is 9.28. The molecule has 1 aromatic heterocycles. The number of aromatic amines is 1. The Balaban J connectivity index is 1.57. The Labute approximate surface area is 158 Å². The van der Waals surface area contributed by atoms with E-state index < -0.39 is 0 Å². The quantitative estimate of drug-likeness (QED) is 0.700. The van der Waals surface area contributed by atoms with Gasteiger partial charge in [-0.1, -0.05) is 35.9 Å². The molecule has 2 aromatic carbocycles. The van der Waals surface area contributed by atoms with Crippen molar-refractivity contribution in [3.63, 3.8) is 0 Å². The third kappa shape index (κ3) is 4.61. The lowest BCUT2D eigenvalue weighted by atomic mass is 10.00. The lowest BCUT2D eigenvalue weighted by molar-refractivity contribution is -0.121. The third-order valence-electron chi connectivity index (χ3n) is 4.76. The predicted molar refractivity (Wildman–Crippen MR) is 108 cm³/mol. The van der Waals surface area contributed by atoms with Gasteiger partial charge < -0.3 is 10.3 Å². The zero-order chi connectivity index (χ0) is 19.4. The number of carbonyl (C=O) groups excluding carboxylic acids is 1. The van der Waals surface area contributed by atoms with Gasteiger partial charge in [0.05, 0.1) is 16.9 Å². The van der Waals surface area contributed by atoms with E-state index in [1.54, 1.807) is 6.07 Å². The molecule has 1 unspecified atom stereocenters. The zero-order valence-corrected chi connectivity index (χ0v) is 16.0. The van der Waals surface area contributed by atoms with E-state index in [-0.39, 0.29) is 17.5 Å². The lowest BCUT2D eigenvalue weighted by Crippen LogP contribution is -2.27. The van der Waals surface area contributed by atoms with Gasteiger partial charge in [-0.25, -0.2) is 4.98 Å². The molecule has 1 amide bonds. The Kier molecular flexibility index (Phi) is 5.69. The molecule has 27 heavy (non-hydrogen) atoms. The van der Waals surface area contributed by atoms with Gasteiger partial charge in [-0.3, -0.25) is 9.59 Å². The number of H-pyrrole nitrogens is 1. The number of carbonyl (C=O) groups is 1. The molecule has 1 heterocycles.